The number of fused-ring (bicyclic) bond motifs is 10. The van der Waals surface area contributed by atoms with Crippen molar-refractivity contribution < 1.29 is 0 Å². The van der Waals surface area contributed by atoms with Gasteiger partial charge in [-0.15, -0.1) is 0 Å². The fraction of sp³-hybridized carbons (Fsp3) is 0. The van der Waals surface area contributed by atoms with E-state index in [0.29, 0.717) is 17.6 Å². The molecule has 0 saturated carbocycles. The molecule has 0 radical (unpaired) electrons. The topological polar surface area (TPSA) is 43.6 Å². The zero-order valence-corrected chi connectivity index (χ0v) is 26.5. The lowest BCUT2D eigenvalue weighted by atomic mass is 9.95. The van der Waals surface area contributed by atoms with Crippen LogP contribution in [0.15, 0.2) is 170 Å². The van der Waals surface area contributed by atoms with Crippen molar-refractivity contribution in [3.63, 3.8) is 0 Å². The van der Waals surface area contributed by atoms with Crippen LogP contribution in [0.1, 0.15) is 0 Å². The number of aromatic nitrogens is 4. The summed E-state index contributed by atoms with van der Waals surface area (Å²) in [6.45, 7) is 0. The summed E-state index contributed by atoms with van der Waals surface area (Å²) in [5, 5.41) is 9.62. The molecule has 0 unspecified atom stereocenters. The molecule has 0 atom stereocenters. The van der Waals surface area contributed by atoms with Crippen LogP contribution in [0.4, 0.5) is 0 Å². The summed E-state index contributed by atoms with van der Waals surface area (Å²) in [4.78, 5) is 15.6. The Morgan fingerprint density at radius 1 is 0.327 bits per heavy atom. The van der Waals surface area contributed by atoms with E-state index in [9.17, 15) is 0 Å². The number of benzene rings is 8. The Morgan fingerprint density at radius 2 is 0.816 bits per heavy atom. The van der Waals surface area contributed by atoms with Crippen molar-refractivity contribution in [2.75, 3.05) is 0 Å². The number of hydrogen-bond acceptors (Lipinski definition) is 3. The predicted molar refractivity (Wildman–Crippen MR) is 203 cm³/mol. The van der Waals surface area contributed by atoms with E-state index in [1.807, 2.05) is 24.3 Å². The van der Waals surface area contributed by atoms with E-state index >= 15 is 0 Å². The third-order valence-corrected chi connectivity index (χ3v) is 9.63. The summed E-state index contributed by atoms with van der Waals surface area (Å²) >= 11 is 0. The number of nitrogens with zero attached hydrogens (tertiary/aromatic N) is 4. The maximum atomic E-state index is 5.28. The van der Waals surface area contributed by atoms with Crippen LogP contribution >= 0.6 is 0 Å². The molecule has 0 saturated heterocycles. The van der Waals surface area contributed by atoms with Gasteiger partial charge in [0, 0.05) is 27.3 Å². The van der Waals surface area contributed by atoms with Gasteiger partial charge in [0.05, 0.1) is 11.0 Å². The summed E-state index contributed by atoms with van der Waals surface area (Å²) in [6, 6.07) is 59.6. The van der Waals surface area contributed by atoms with Crippen LogP contribution in [-0.4, -0.2) is 19.5 Å². The second kappa shape index (κ2) is 11.0. The molecular formula is C45H28N4. The molecule has 0 fully saturated rings. The van der Waals surface area contributed by atoms with Gasteiger partial charge in [0.2, 0.25) is 5.95 Å². The lowest BCUT2D eigenvalue weighted by Crippen LogP contribution is -2.06. The van der Waals surface area contributed by atoms with E-state index in [1.54, 1.807) is 0 Å². The molecule has 0 bridgehead atoms. The average molecular weight is 625 g/mol. The summed E-state index contributed by atoms with van der Waals surface area (Å²) < 4.78 is 2.27. The van der Waals surface area contributed by atoms with Crippen molar-refractivity contribution >= 4 is 54.1 Å². The molecule has 2 aromatic heterocycles. The molecule has 0 aliphatic rings. The minimum Gasteiger partial charge on any atom is -0.277 e. The van der Waals surface area contributed by atoms with Gasteiger partial charge in [0.15, 0.2) is 11.6 Å². The smallest absolute Gasteiger partial charge is 0.238 e. The monoisotopic (exact) mass is 624 g/mol. The van der Waals surface area contributed by atoms with Gasteiger partial charge < -0.3 is 0 Å². The first-order valence-electron chi connectivity index (χ1n) is 16.5. The Kier molecular flexibility index (Phi) is 6.15. The van der Waals surface area contributed by atoms with Gasteiger partial charge >= 0.3 is 0 Å². The van der Waals surface area contributed by atoms with Crippen LogP contribution in [0.25, 0.3) is 94.0 Å². The second-order valence-electron chi connectivity index (χ2n) is 12.4. The van der Waals surface area contributed by atoms with Gasteiger partial charge in [-0.2, -0.15) is 9.97 Å². The molecule has 0 N–H and O–H groups in total. The zero-order valence-electron chi connectivity index (χ0n) is 26.5. The largest absolute Gasteiger partial charge is 0.277 e. The highest BCUT2D eigenvalue weighted by Gasteiger charge is 2.23. The van der Waals surface area contributed by atoms with Crippen LogP contribution in [0.5, 0.6) is 0 Å². The quantitative estimate of drug-likeness (QED) is 0.183. The zero-order chi connectivity index (χ0) is 32.3. The van der Waals surface area contributed by atoms with Crippen LogP contribution in [0, 0.1) is 0 Å². The van der Waals surface area contributed by atoms with E-state index < -0.39 is 0 Å². The number of hydrogen-bond donors (Lipinski definition) is 0. The first kappa shape index (κ1) is 27.5. The SMILES string of the molecule is c1ccc(-c2ccc(-c3nc(-c4ccccc4)nc(-n4c5ccc6ccccc6c5c5c6ccccc6c6ccccc6c54)n3)cc2)cc1. The third kappa shape index (κ3) is 4.35. The fourth-order valence-electron chi connectivity index (χ4n) is 7.40. The molecule has 4 nitrogen and oxygen atoms in total. The molecule has 10 aromatic rings. The fourth-order valence-corrected chi connectivity index (χ4v) is 7.40. The Balaban J connectivity index is 1.33. The first-order chi connectivity index (χ1) is 24.3. The van der Waals surface area contributed by atoms with Gasteiger partial charge in [-0.1, -0.05) is 164 Å². The van der Waals surface area contributed by atoms with Crippen LogP contribution in [-0.2, 0) is 0 Å². The Bertz CT molecular complexity index is 2860. The highest BCUT2D eigenvalue weighted by atomic mass is 15.2. The van der Waals surface area contributed by atoms with Gasteiger partial charge in [0.25, 0.3) is 0 Å². The van der Waals surface area contributed by atoms with E-state index in [4.69, 9.17) is 15.0 Å². The summed E-state index contributed by atoms with van der Waals surface area (Å²) in [5.41, 5.74) is 6.35. The molecule has 0 spiro atoms. The van der Waals surface area contributed by atoms with E-state index in [2.05, 4.69) is 150 Å². The Hall–Kier alpha value is -6.65. The van der Waals surface area contributed by atoms with Crippen LogP contribution in [0.3, 0.4) is 0 Å². The van der Waals surface area contributed by atoms with Crippen LogP contribution < -0.4 is 0 Å². The van der Waals surface area contributed by atoms with Crippen molar-refractivity contribution in [3.8, 4) is 39.9 Å². The minimum atomic E-state index is 0.590. The Morgan fingerprint density at radius 3 is 1.51 bits per heavy atom. The molecule has 0 aliphatic carbocycles. The molecule has 0 amide bonds. The maximum absolute atomic E-state index is 5.28. The molecule has 8 aromatic carbocycles. The summed E-state index contributed by atoms with van der Waals surface area (Å²) in [5.74, 6) is 1.85. The normalized spacial score (nSPS) is 11.7. The predicted octanol–water partition coefficient (Wildman–Crippen LogP) is 11.4. The summed E-state index contributed by atoms with van der Waals surface area (Å²) in [6.07, 6.45) is 0. The van der Waals surface area contributed by atoms with E-state index in [-0.39, 0.29) is 0 Å². The number of rotatable bonds is 4. The highest BCUT2D eigenvalue weighted by Crippen LogP contribution is 2.44. The lowest BCUT2D eigenvalue weighted by molar-refractivity contribution is 0.955. The van der Waals surface area contributed by atoms with Gasteiger partial charge in [0.1, 0.15) is 0 Å². The average Bonchev–Trinajstić information content (AvgIpc) is 3.55. The first-order valence-corrected chi connectivity index (χ1v) is 16.5. The Labute approximate surface area is 282 Å². The summed E-state index contributed by atoms with van der Waals surface area (Å²) in [7, 11) is 0. The van der Waals surface area contributed by atoms with Crippen LogP contribution in [0.2, 0.25) is 0 Å². The van der Waals surface area contributed by atoms with Gasteiger partial charge in [-0.25, -0.2) is 4.98 Å². The van der Waals surface area contributed by atoms with Crippen molar-refractivity contribution in [3.05, 3.63) is 170 Å². The minimum absolute atomic E-state index is 0.590. The third-order valence-electron chi connectivity index (χ3n) is 9.63. The maximum Gasteiger partial charge on any atom is 0.238 e. The lowest BCUT2D eigenvalue weighted by Gasteiger charge is -2.13. The molecule has 228 valence electrons. The molecular weight excluding hydrogens is 597 g/mol. The highest BCUT2D eigenvalue weighted by molar-refractivity contribution is 6.35. The van der Waals surface area contributed by atoms with Crippen molar-refractivity contribution in [2.45, 2.75) is 0 Å². The van der Waals surface area contributed by atoms with Crippen molar-refractivity contribution in [2.24, 2.45) is 0 Å². The standard InChI is InChI=1S/C45H28N4/c1-3-13-29(14-4-1)30-23-25-33(26-24-30)44-46-43(32-16-5-2-6-17-32)47-45(48-44)49-39-28-27-31-15-7-8-18-34(31)40(39)41-37-21-11-9-19-35(37)36-20-10-12-22-38(36)42(41)49/h1-28H. The van der Waals surface area contributed by atoms with Crippen molar-refractivity contribution in [1.82, 2.24) is 19.5 Å². The molecule has 2 heterocycles. The van der Waals surface area contributed by atoms with Crippen molar-refractivity contribution in [1.29, 1.82) is 0 Å². The second-order valence-corrected chi connectivity index (χ2v) is 12.4. The molecule has 49 heavy (non-hydrogen) atoms. The van der Waals surface area contributed by atoms with Gasteiger partial charge in [-0.05, 0) is 44.1 Å². The van der Waals surface area contributed by atoms with Gasteiger partial charge in [-0.3, -0.25) is 4.57 Å². The van der Waals surface area contributed by atoms with E-state index in [0.717, 1.165) is 33.1 Å². The molecule has 10 rings (SSSR count). The van der Waals surface area contributed by atoms with E-state index in [1.165, 1.54) is 43.3 Å². The molecule has 0 aliphatic heterocycles. The molecule has 4 heteroatoms.